The van der Waals surface area contributed by atoms with Gasteiger partial charge < -0.3 is 19.2 Å². The average molecular weight is 419 g/mol. The van der Waals surface area contributed by atoms with Gasteiger partial charge in [-0.1, -0.05) is 32.0 Å². The third-order valence-electron chi connectivity index (χ3n) is 4.66. The van der Waals surface area contributed by atoms with Crippen molar-refractivity contribution >= 4 is 23.0 Å². The maximum absolute atomic E-state index is 13.3. The number of methoxy groups -OCH3 is 1. The molecule has 0 radical (unpaired) electrons. The zero-order chi connectivity index (χ0) is 22.5. The lowest BCUT2D eigenvalue weighted by atomic mass is 9.91. The van der Waals surface area contributed by atoms with Crippen LogP contribution in [0.15, 0.2) is 30.5 Å². The molecule has 7 heteroatoms. The number of benzene rings is 1. The van der Waals surface area contributed by atoms with E-state index in [-0.39, 0.29) is 25.7 Å². The van der Waals surface area contributed by atoms with Gasteiger partial charge in [0.25, 0.3) is 0 Å². The van der Waals surface area contributed by atoms with Crippen molar-refractivity contribution in [2.24, 2.45) is 5.92 Å². The molecule has 2 aromatic rings. The van der Waals surface area contributed by atoms with Gasteiger partial charge in [-0.3, -0.25) is 4.90 Å². The summed E-state index contributed by atoms with van der Waals surface area (Å²) in [6.45, 7) is 11.1. The normalized spacial score (nSPS) is 13.9. The van der Waals surface area contributed by atoms with Crippen molar-refractivity contribution < 1.29 is 23.8 Å². The van der Waals surface area contributed by atoms with Crippen molar-refractivity contribution in [3.63, 3.8) is 0 Å². The third-order valence-corrected chi connectivity index (χ3v) is 4.66. The van der Waals surface area contributed by atoms with E-state index in [0.717, 1.165) is 16.5 Å². The Morgan fingerprint density at radius 2 is 1.80 bits per heavy atom. The fourth-order valence-electron chi connectivity index (χ4n) is 3.17. The van der Waals surface area contributed by atoms with Crippen molar-refractivity contribution in [2.75, 3.05) is 20.4 Å². The van der Waals surface area contributed by atoms with E-state index in [1.54, 1.807) is 27.7 Å². The molecular formula is C23H34N2O5. The Kier molecular flexibility index (Phi) is 7.53. The van der Waals surface area contributed by atoms with Crippen LogP contribution in [-0.2, 0) is 25.4 Å². The van der Waals surface area contributed by atoms with Crippen molar-refractivity contribution in [2.45, 2.75) is 59.1 Å². The number of hydrogen-bond acceptors (Lipinski definition) is 5. The highest BCUT2D eigenvalue weighted by atomic mass is 16.6. The molecule has 166 valence electrons. The zero-order valence-electron chi connectivity index (χ0n) is 19.1. The van der Waals surface area contributed by atoms with E-state index in [0.29, 0.717) is 0 Å². The highest BCUT2D eigenvalue weighted by Crippen LogP contribution is 2.29. The van der Waals surface area contributed by atoms with E-state index < -0.39 is 23.2 Å². The molecular weight excluding hydrogens is 384 g/mol. The molecule has 1 aromatic heterocycles. The van der Waals surface area contributed by atoms with Gasteiger partial charge in [0.05, 0.1) is 6.61 Å². The molecule has 0 bridgehead atoms. The molecule has 0 aliphatic rings. The van der Waals surface area contributed by atoms with Crippen LogP contribution in [0.2, 0.25) is 0 Å². The summed E-state index contributed by atoms with van der Waals surface area (Å²) >= 11 is 0. The molecule has 7 nitrogen and oxygen atoms in total. The Bertz CT molecular complexity index is 868. The molecule has 0 aliphatic heterocycles. The molecule has 1 amide bonds. The first kappa shape index (κ1) is 23.7. The Morgan fingerprint density at radius 1 is 1.13 bits per heavy atom. The van der Waals surface area contributed by atoms with Crippen molar-refractivity contribution in [3.8, 4) is 0 Å². The van der Waals surface area contributed by atoms with Gasteiger partial charge in [0, 0.05) is 30.6 Å². The van der Waals surface area contributed by atoms with E-state index in [4.69, 9.17) is 14.2 Å². The molecule has 1 atom stereocenters. The number of ether oxygens (including phenoxy) is 3. The maximum atomic E-state index is 13.3. The first-order chi connectivity index (χ1) is 14.0. The number of nitrogens with one attached hydrogen (secondary N) is 1. The Hall–Kier alpha value is -2.54. The van der Waals surface area contributed by atoms with Gasteiger partial charge in [0.1, 0.15) is 17.9 Å². The largest absolute Gasteiger partial charge is 0.464 e. The van der Waals surface area contributed by atoms with Crippen molar-refractivity contribution in [1.29, 1.82) is 0 Å². The fraction of sp³-hybridized carbons (Fsp3) is 0.565. The molecule has 0 saturated carbocycles. The molecule has 0 saturated heterocycles. The summed E-state index contributed by atoms with van der Waals surface area (Å²) in [5.41, 5.74) is -0.176. The van der Waals surface area contributed by atoms with E-state index in [9.17, 15) is 9.59 Å². The molecule has 30 heavy (non-hydrogen) atoms. The van der Waals surface area contributed by atoms with Crippen LogP contribution in [0.4, 0.5) is 4.79 Å². The number of para-hydroxylation sites is 1. The van der Waals surface area contributed by atoms with Crippen LogP contribution in [-0.4, -0.2) is 53.5 Å². The van der Waals surface area contributed by atoms with Gasteiger partial charge in [-0.2, -0.15) is 0 Å². The number of hydrogen-bond donors (Lipinski definition) is 1. The lowest BCUT2D eigenvalue weighted by molar-refractivity contribution is -0.161. The predicted molar refractivity (Wildman–Crippen MR) is 116 cm³/mol. The van der Waals surface area contributed by atoms with Gasteiger partial charge in [-0.05, 0) is 45.2 Å². The number of rotatable bonds is 8. The Balaban J connectivity index is 2.47. The first-order valence-electron chi connectivity index (χ1n) is 10.2. The number of nitrogens with zero attached hydrogens (tertiary/aromatic N) is 1. The minimum Gasteiger partial charge on any atom is -0.464 e. The minimum atomic E-state index is -1.32. The smallest absolute Gasteiger partial charge is 0.413 e. The summed E-state index contributed by atoms with van der Waals surface area (Å²) in [7, 11) is 1.48. The highest BCUT2D eigenvalue weighted by Gasteiger charge is 2.46. The van der Waals surface area contributed by atoms with Crippen LogP contribution in [0.3, 0.4) is 0 Å². The minimum absolute atomic E-state index is 0.107. The van der Waals surface area contributed by atoms with Crippen molar-refractivity contribution in [1.82, 2.24) is 9.88 Å². The quantitative estimate of drug-likeness (QED) is 0.504. The molecule has 1 aromatic carbocycles. The molecule has 0 aliphatic carbocycles. The second kappa shape index (κ2) is 9.51. The van der Waals surface area contributed by atoms with Crippen molar-refractivity contribution in [3.05, 3.63) is 36.0 Å². The SMILES string of the molecule is COCN(C(=O)OC(C)(C)C)[C@@](C)(Cc1c[nH]c2ccccc12)C(=O)OCC(C)C. The third kappa shape index (κ3) is 5.75. The van der Waals surface area contributed by atoms with Crippen LogP contribution in [0.1, 0.15) is 47.1 Å². The summed E-state index contributed by atoms with van der Waals surface area (Å²) in [6, 6.07) is 7.83. The molecule has 0 spiro atoms. The summed E-state index contributed by atoms with van der Waals surface area (Å²) < 4.78 is 16.4. The predicted octanol–water partition coefficient (Wildman–Crippen LogP) is 4.51. The average Bonchev–Trinajstić information content (AvgIpc) is 3.05. The van der Waals surface area contributed by atoms with Gasteiger partial charge in [-0.15, -0.1) is 0 Å². The number of aromatic nitrogens is 1. The number of H-pyrrole nitrogens is 1. The number of esters is 1. The van der Waals surface area contributed by atoms with Crippen LogP contribution >= 0.6 is 0 Å². The van der Waals surface area contributed by atoms with E-state index in [1.165, 1.54) is 12.0 Å². The van der Waals surface area contributed by atoms with Gasteiger partial charge in [-0.25, -0.2) is 9.59 Å². The fourth-order valence-corrected chi connectivity index (χ4v) is 3.17. The number of carbonyl (C=O) groups excluding carboxylic acids is 2. The molecule has 0 unspecified atom stereocenters. The van der Waals surface area contributed by atoms with Crippen LogP contribution in [0.25, 0.3) is 10.9 Å². The first-order valence-corrected chi connectivity index (χ1v) is 10.2. The van der Waals surface area contributed by atoms with Crippen LogP contribution < -0.4 is 0 Å². The summed E-state index contributed by atoms with van der Waals surface area (Å²) in [4.78, 5) is 30.8. The highest BCUT2D eigenvalue weighted by molar-refractivity contribution is 5.88. The monoisotopic (exact) mass is 418 g/mol. The van der Waals surface area contributed by atoms with E-state index >= 15 is 0 Å². The summed E-state index contributed by atoms with van der Waals surface area (Å²) in [6.07, 6.45) is 1.48. The lowest BCUT2D eigenvalue weighted by Gasteiger charge is -2.39. The molecule has 0 fully saturated rings. The van der Waals surface area contributed by atoms with Gasteiger partial charge >= 0.3 is 12.1 Å². The Morgan fingerprint density at radius 3 is 2.40 bits per heavy atom. The molecule has 1 heterocycles. The van der Waals surface area contributed by atoms with E-state index in [1.807, 2.05) is 44.3 Å². The van der Waals surface area contributed by atoms with Gasteiger partial charge in [0.15, 0.2) is 0 Å². The molecule has 1 N–H and O–H groups in total. The number of aromatic amines is 1. The zero-order valence-corrected chi connectivity index (χ0v) is 19.1. The Labute approximate surface area is 178 Å². The van der Waals surface area contributed by atoms with E-state index in [2.05, 4.69) is 4.98 Å². The number of carbonyl (C=O) groups is 2. The number of fused-ring (bicyclic) bond motifs is 1. The standard InChI is InChI=1S/C23H34N2O5/c1-16(2)14-29-20(26)23(6,25(15-28-7)21(27)30-22(3,4)5)12-17-13-24-19-11-9-8-10-18(17)19/h8-11,13,16,24H,12,14-15H2,1-7H3/t23-/m0/s1. The van der Waals surface area contributed by atoms with Crippen LogP contribution in [0.5, 0.6) is 0 Å². The molecule has 2 rings (SSSR count). The van der Waals surface area contributed by atoms with Crippen LogP contribution in [0, 0.1) is 5.92 Å². The van der Waals surface area contributed by atoms with Gasteiger partial charge in [0.2, 0.25) is 0 Å². The lowest BCUT2D eigenvalue weighted by Crippen LogP contribution is -2.58. The topological polar surface area (TPSA) is 80.9 Å². The summed E-state index contributed by atoms with van der Waals surface area (Å²) in [5, 5.41) is 0.988. The second-order valence-electron chi connectivity index (χ2n) is 9.13. The second-order valence-corrected chi connectivity index (χ2v) is 9.13. The maximum Gasteiger partial charge on any atom is 0.413 e. The number of amides is 1. The summed E-state index contributed by atoms with van der Waals surface area (Å²) in [5.74, 6) is -0.326.